The molecule has 1 unspecified atom stereocenters. The molecule has 0 fully saturated rings. The number of aromatic nitrogens is 2. The van der Waals surface area contributed by atoms with Gasteiger partial charge < -0.3 is 15.6 Å². The lowest BCUT2D eigenvalue weighted by Gasteiger charge is -2.09. The van der Waals surface area contributed by atoms with E-state index in [9.17, 15) is 0 Å². The molecule has 0 spiro atoms. The maximum absolute atomic E-state index is 4.51. The molecule has 1 aromatic carbocycles. The minimum Gasteiger partial charge on any atom is -0.370 e. The Labute approximate surface area is 166 Å². The van der Waals surface area contributed by atoms with Gasteiger partial charge in [-0.2, -0.15) is 0 Å². The number of hydrogen-bond donors (Lipinski definition) is 3. The minimum atomic E-state index is 0.349. The lowest BCUT2D eigenvalue weighted by atomic mass is 10.2. The Kier molecular flexibility index (Phi) is 3.98. The maximum atomic E-state index is 4.51. The average molecular weight is 395 g/mol. The van der Waals surface area contributed by atoms with Gasteiger partial charge in [-0.15, -0.1) is 22.7 Å². The molecule has 0 amide bonds. The fraction of sp³-hybridized carbons (Fsp3) is 0.286. The number of aromatic amines is 1. The first kappa shape index (κ1) is 16.8. The molecule has 3 aromatic heterocycles. The van der Waals surface area contributed by atoms with Crippen molar-refractivity contribution in [2.24, 2.45) is 0 Å². The molecule has 0 radical (unpaired) electrons. The summed E-state index contributed by atoms with van der Waals surface area (Å²) in [6.45, 7) is 6.50. The number of benzene rings is 1. The summed E-state index contributed by atoms with van der Waals surface area (Å²) in [5.74, 6) is 1.46. The molecule has 138 valence electrons. The Morgan fingerprint density at radius 2 is 1.74 bits per heavy atom. The largest absolute Gasteiger partial charge is 0.370 e. The van der Waals surface area contributed by atoms with Gasteiger partial charge in [0.2, 0.25) is 0 Å². The number of nitrogens with zero attached hydrogens (tertiary/aromatic N) is 1. The number of imidazole rings is 1. The first-order valence-electron chi connectivity index (χ1n) is 9.36. The summed E-state index contributed by atoms with van der Waals surface area (Å²) in [7, 11) is 0. The SMILES string of the molecule is CCC1NC=C(c2cc3cc4sc(-c5cnc(C(C)C)[nH]5)cc4cc3s2)N1. The van der Waals surface area contributed by atoms with E-state index in [1.54, 1.807) is 0 Å². The lowest BCUT2D eigenvalue weighted by molar-refractivity contribution is 0.558. The Morgan fingerprint density at radius 1 is 1.04 bits per heavy atom. The van der Waals surface area contributed by atoms with Crippen molar-refractivity contribution in [3.8, 4) is 10.6 Å². The van der Waals surface area contributed by atoms with Crippen molar-refractivity contribution in [1.29, 1.82) is 0 Å². The van der Waals surface area contributed by atoms with E-state index in [0.717, 1.165) is 17.9 Å². The quantitative estimate of drug-likeness (QED) is 0.406. The minimum absolute atomic E-state index is 0.349. The van der Waals surface area contributed by atoms with Crippen LogP contribution in [0.4, 0.5) is 0 Å². The normalized spacial score (nSPS) is 16.9. The Balaban J connectivity index is 1.51. The van der Waals surface area contributed by atoms with Crippen LogP contribution in [0.15, 0.2) is 36.7 Å². The molecule has 0 aliphatic carbocycles. The highest BCUT2D eigenvalue weighted by atomic mass is 32.1. The summed E-state index contributed by atoms with van der Waals surface area (Å²) in [5.41, 5.74) is 2.31. The maximum Gasteiger partial charge on any atom is 0.109 e. The molecule has 0 bridgehead atoms. The van der Waals surface area contributed by atoms with E-state index in [-0.39, 0.29) is 0 Å². The third kappa shape index (κ3) is 2.93. The standard InChI is InChI=1S/C21H22N4S2/c1-4-20-22-9-14(24-20)18-7-12-5-17-13(6-16(12)26-18)8-19(27-17)15-10-23-21(25-15)11(2)3/h5-11,20,22,24H,4H2,1-3H3,(H,23,25). The van der Waals surface area contributed by atoms with E-state index in [4.69, 9.17) is 0 Å². The highest BCUT2D eigenvalue weighted by Crippen LogP contribution is 2.39. The number of H-pyrrole nitrogens is 1. The summed E-state index contributed by atoms with van der Waals surface area (Å²) >= 11 is 3.68. The van der Waals surface area contributed by atoms with Crippen LogP contribution in [-0.4, -0.2) is 16.1 Å². The molecule has 0 saturated heterocycles. The number of thiophene rings is 2. The molecular weight excluding hydrogens is 372 g/mol. The van der Waals surface area contributed by atoms with Crippen molar-refractivity contribution in [3.63, 3.8) is 0 Å². The molecule has 0 saturated carbocycles. The molecule has 3 N–H and O–H groups in total. The number of fused-ring (bicyclic) bond motifs is 2. The van der Waals surface area contributed by atoms with Crippen molar-refractivity contribution in [1.82, 2.24) is 20.6 Å². The third-order valence-electron chi connectivity index (χ3n) is 5.00. The fourth-order valence-electron chi connectivity index (χ4n) is 3.41. The molecule has 1 aliphatic heterocycles. The van der Waals surface area contributed by atoms with Crippen molar-refractivity contribution < 1.29 is 0 Å². The molecule has 4 aromatic rings. The van der Waals surface area contributed by atoms with Crippen LogP contribution < -0.4 is 10.6 Å². The molecular formula is C21H22N4S2. The number of hydrogen-bond acceptors (Lipinski definition) is 5. The van der Waals surface area contributed by atoms with Gasteiger partial charge in [-0.1, -0.05) is 20.8 Å². The fourth-order valence-corrected chi connectivity index (χ4v) is 5.54. The van der Waals surface area contributed by atoms with Crippen LogP contribution in [0.25, 0.3) is 36.4 Å². The van der Waals surface area contributed by atoms with Crippen molar-refractivity contribution in [3.05, 3.63) is 47.4 Å². The van der Waals surface area contributed by atoms with E-state index in [1.807, 2.05) is 28.9 Å². The number of nitrogens with one attached hydrogen (secondary N) is 3. The second kappa shape index (κ2) is 6.39. The van der Waals surface area contributed by atoms with Crippen LogP contribution >= 0.6 is 22.7 Å². The zero-order valence-electron chi connectivity index (χ0n) is 15.6. The zero-order valence-corrected chi connectivity index (χ0v) is 17.2. The predicted molar refractivity (Wildman–Crippen MR) is 117 cm³/mol. The third-order valence-corrected chi connectivity index (χ3v) is 7.26. The van der Waals surface area contributed by atoms with Crippen molar-refractivity contribution in [2.45, 2.75) is 39.3 Å². The smallest absolute Gasteiger partial charge is 0.109 e. The van der Waals surface area contributed by atoms with Gasteiger partial charge in [0.25, 0.3) is 0 Å². The first-order valence-corrected chi connectivity index (χ1v) is 11.0. The monoisotopic (exact) mass is 394 g/mol. The Morgan fingerprint density at radius 3 is 2.37 bits per heavy atom. The summed E-state index contributed by atoms with van der Waals surface area (Å²) < 4.78 is 2.65. The topological polar surface area (TPSA) is 52.7 Å². The van der Waals surface area contributed by atoms with E-state index < -0.39 is 0 Å². The van der Waals surface area contributed by atoms with Gasteiger partial charge in [-0.3, -0.25) is 0 Å². The Hall–Kier alpha value is -2.31. The summed E-state index contributed by atoms with van der Waals surface area (Å²) in [4.78, 5) is 10.5. The average Bonchev–Trinajstić information content (AvgIpc) is 3.43. The Bertz CT molecular complexity index is 1110. The van der Waals surface area contributed by atoms with Crippen LogP contribution in [0.5, 0.6) is 0 Å². The summed E-state index contributed by atoms with van der Waals surface area (Å²) in [6, 6.07) is 9.21. The molecule has 1 aliphatic rings. The lowest BCUT2D eigenvalue weighted by Crippen LogP contribution is -2.30. The van der Waals surface area contributed by atoms with Crippen LogP contribution in [0.2, 0.25) is 0 Å². The van der Waals surface area contributed by atoms with Gasteiger partial charge in [-0.25, -0.2) is 4.98 Å². The highest BCUT2D eigenvalue weighted by Gasteiger charge is 2.17. The number of rotatable bonds is 4. The second-order valence-corrected chi connectivity index (χ2v) is 9.48. The predicted octanol–water partition coefficient (Wildman–Crippen LogP) is 5.86. The van der Waals surface area contributed by atoms with Gasteiger partial charge in [0.1, 0.15) is 5.82 Å². The van der Waals surface area contributed by atoms with Crippen LogP contribution in [0.3, 0.4) is 0 Å². The van der Waals surface area contributed by atoms with E-state index in [1.165, 1.54) is 35.6 Å². The van der Waals surface area contributed by atoms with E-state index in [0.29, 0.717) is 12.1 Å². The zero-order chi connectivity index (χ0) is 18.5. The summed E-state index contributed by atoms with van der Waals surface area (Å²) in [5, 5.41) is 9.55. The second-order valence-electron chi connectivity index (χ2n) is 7.32. The van der Waals surface area contributed by atoms with Gasteiger partial charge in [0, 0.05) is 21.5 Å². The van der Waals surface area contributed by atoms with E-state index in [2.05, 4.69) is 71.8 Å². The van der Waals surface area contributed by atoms with Gasteiger partial charge in [-0.05, 0) is 41.5 Å². The molecule has 4 nitrogen and oxygen atoms in total. The van der Waals surface area contributed by atoms with Gasteiger partial charge in [0.15, 0.2) is 0 Å². The van der Waals surface area contributed by atoms with Crippen molar-refractivity contribution in [2.75, 3.05) is 0 Å². The molecule has 4 heterocycles. The molecule has 5 rings (SSSR count). The van der Waals surface area contributed by atoms with Crippen LogP contribution in [0.1, 0.15) is 43.8 Å². The highest BCUT2D eigenvalue weighted by molar-refractivity contribution is 7.23. The van der Waals surface area contributed by atoms with Gasteiger partial charge >= 0.3 is 0 Å². The van der Waals surface area contributed by atoms with Crippen LogP contribution in [-0.2, 0) is 0 Å². The first-order chi connectivity index (χ1) is 13.1. The molecule has 1 atom stereocenters. The van der Waals surface area contributed by atoms with Gasteiger partial charge in [0.05, 0.1) is 33.5 Å². The summed E-state index contributed by atoms with van der Waals surface area (Å²) in [6.07, 6.45) is 5.47. The molecule has 6 heteroatoms. The van der Waals surface area contributed by atoms with Crippen molar-refractivity contribution >= 4 is 48.5 Å². The van der Waals surface area contributed by atoms with Crippen LogP contribution in [0, 0.1) is 0 Å². The van der Waals surface area contributed by atoms with E-state index >= 15 is 0 Å². The molecule has 27 heavy (non-hydrogen) atoms.